The number of alkyl halides is 6. The third-order valence-electron chi connectivity index (χ3n) is 4.13. The third kappa shape index (κ3) is 4.56. The van der Waals surface area contributed by atoms with Crippen LogP contribution in [-0.4, -0.2) is 15.4 Å². The smallest absolute Gasteiger partial charge is 0.247 e. The van der Waals surface area contributed by atoms with Crippen LogP contribution in [0.15, 0.2) is 36.4 Å². The van der Waals surface area contributed by atoms with Gasteiger partial charge < -0.3 is 0 Å². The maximum atomic E-state index is 13.1. The fourth-order valence-corrected chi connectivity index (χ4v) is 2.97. The van der Waals surface area contributed by atoms with Gasteiger partial charge in [0.15, 0.2) is 5.69 Å². The van der Waals surface area contributed by atoms with Crippen molar-refractivity contribution in [1.29, 1.82) is 5.26 Å². The molecule has 1 heterocycles. The number of halogens is 6. The van der Waals surface area contributed by atoms with Crippen molar-refractivity contribution in [2.75, 3.05) is 0 Å². The van der Waals surface area contributed by atoms with E-state index in [1.807, 2.05) is 6.07 Å². The Balaban J connectivity index is 2.05. The number of benzene rings is 2. The highest BCUT2D eigenvalue weighted by Crippen LogP contribution is 2.37. The molecule has 0 aliphatic carbocycles. The molecule has 3 rings (SSSR count). The van der Waals surface area contributed by atoms with Crippen molar-refractivity contribution < 1.29 is 26.3 Å². The molecule has 1 N–H and O–H groups in total. The van der Waals surface area contributed by atoms with Crippen LogP contribution in [0.1, 0.15) is 33.5 Å². The summed E-state index contributed by atoms with van der Waals surface area (Å²) < 4.78 is 78.3. The van der Waals surface area contributed by atoms with Crippen LogP contribution in [0.2, 0.25) is 0 Å². The lowest BCUT2D eigenvalue weighted by Crippen LogP contribution is -2.12. The van der Waals surface area contributed by atoms with Gasteiger partial charge in [0.25, 0.3) is 0 Å². The van der Waals surface area contributed by atoms with E-state index >= 15 is 0 Å². The van der Waals surface area contributed by atoms with E-state index in [0.717, 1.165) is 0 Å². The zero-order valence-corrected chi connectivity index (χ0v) is 14.8. The summed E-state index contributed by atoms with van der Waals surface area (Å²) in [6.45, 7) is 1.71. The van der Waals surface area contributed by atoms with Crippen molar-refractivity contribution >= 4 is 0 Å². The molecule has 0 bridgehead atoms. The zero-order chi connectivity index (χ0) is 21.4. The largest absolute Gasteiger partial charge is 0.416 e. The Hall–Kier alpha value is -3.35. The summed E-state index contributed by atoms with van der Waals surface area (Å²) in [5.41, 5.74) is -0.862. The van der Waals surface area contributed by atoms with E-state index in [2.05, 4.69) is 15.4 Å². The zero-order valence-electron chi connectivity index (χ0n) is 14.8. The predicted molar refractivity (Wildman–Crippen MR) is 90.5 cm³/mol. The molecule has 2 aromatic carbocycles. The van der Waals surface area contributed by atoms with Crippen molar-refractivity contribution in [3.05, 3.63) is 69.9 Å². The summed E-state index contributed by atoms with van der Waals surface area (Å²) in [5, 5.41) is 18.9. The second-order valence-corrected chi connectivity index (χ2v) is 6.45. The Labute approximate surface area is 160 Å². The molecule has 0 unspecified atom stereocenters. The lowest BCUT2D eigenvalue weighted by Gasteiger charge is -2.15. The first-order valence-corrected chi connectivity index (χ1v) is 8.18. The number of hydrogen-bond donors (Lipinski definition) is 1. The highest BCUT2D eigenvalue weighted by Gasteiger charge is 2.36. The van der Waals surface area contributed by atoms with Crippen molar-refractivity contribution in [1.82, 2.24) is 15.4 Å². The monoisotopic (exact) mass is 410 g/mol. The van der Waals surface area contributed by atoms with Crippen molar-refractivity contribution in [2.45, 2.75) is 25.7 Å². The lowest BCUT2D eigenvalue weighted by molar-refractivity contribution is -0.143. The van der Waals surface area contributed by atoms with Gasteiger partial charge in [-0.15, -0.1) is 5.10 Å². The van der Waals surface area contributed by atoms with Crippen molar-refractivity contribution in [2.24, 2.45) is 0 Å². The summed E-state index contributed by atoms with van der Waals surface area (Å²) in [6, 6.07) is 8.27. The molecule has 0 spiro atoms. The van der Waals surface area contributed by atoms with Crippen LogP contribution >= 0.6 is 0 Å². The molecule has 0 amide bonds. The summed E-state index contributed by atoms with van der Waals surface area (Å²) in [4.78, 5) is 0. The molecule has 0 saturated carbocycles. The highest BCUT2D eigenvalue weighted by molar-refractivity contribution is 5.66. The molecular weight excluding hydrogens is 398 g/mol. The van der Waals surface area contributed by atoms with Crippen molar-refractivity contribution in [3.8, 4) is 17.3 Å². The first-order chi connectivity index (χ1) is 13.5. The highest BCUT2D eigenvalue weighted by atomic mass is 19.4. The Kier molecular flexibility index (Phi) is 5.09. The summed E-state index contributed by atoms with van der Waals surface area (Å²) in [5.74, 6) is 0. The Morgan fingerprint density at radius 2 is 1.48 bits per heavy atom. The molecule has 0 radical (unpaired) electrons. The van der Waals surface area contributed by atoms with E-state index in [4.69, 9.17) is 5.26 Å². The number of rotatable bonds is 3. The molecule has 0 aliphatic heterocycles. The number of aromatic amines is 1. The van der Waals surface area contributed by atoms with Crippen LogP contribution in [0, 0.1) is 18.3 Å². The maximum absolute atomic E-state index is 13.1. The average Bonchev–Trinajstić information content (AvgIpc) is 3.08. The van der Waals surface area contributed by atoms with E-state index in [1.54, 1.807) is 25.1 Å². The van der Waals surface area contributed by atoms with Gasteiger partial charge in [0.05, 0.1) is 11.1 Å². The molecule has 0 atom stereocenters. The Morgan fingerprint density at radius 3 is 2.03 bits per heavy atom. The van der Waals surface area contributed by atoms with Gasteiger partial charge in [0.2, 0.25) is 0 Å². The van der Waals surface area contributed by atoms with Crippen LogP contribution < -0.4 is 0 Å². The van der Waals surface area contributed by atoms with Crippen LogP contribution in [0.25, 0.3) is 11.3 Å². The van der Waals surface area contributed by atoms with Gasteiger partial charge in [-0.05, 0) is 54.8 Å². The predicted octanol–water partition coefficient (Wildman–Crippen LogP) is 5.28. The third-order valence-corrected chi connectivity index (χ3v) is 4.13. The van der Waals surface area contributed by atoms with E-state index in [0.29, 0.717) is 28.8 Å². The van der Waals surface area contributed by atoms with Crippen LogP contribution in [0.3, 0.4) is 0 Å². The summed E-state index contributed by atoms with van der Waals surface area (Å²) in [6.07, 6.45) is -9.98. The molecule has 29 heavy (non-hydrogen) atoms. The minimum absolute atomic E-state index is 0.0970. The Morgan fingerprint density at radius 1 is 0.897 bits per heavy atom. The second kappa shape index (κ2) is 7.24. The second-order valence-electron chi connectivity index (χ2n) is 6.45. The molecular formula is C19H12F6N4. The van der Waals surface area contributed by atoms with Crippen LogP contribution in [0.5, 0.6) is 0 Å². The van der Waals surface area contributed by atoms with Gasteiger partial charge in [0.1, 0.15) is 11.8 Å². The SMILES string of the molecule is Cc1cc(Cc2cc(C(F)(F)F)cc(C(F)(F)F)c2)cc(-c2nn[nH]c2C#N)c1. The number of nitrogens with one attached hydrogen (secondary N) is 1. The van der Waals surface area contributed by atoms with Crippen LogP contribution in [0.4, 0.5) is 26.3 Å². The molecule has 10 heteroatoms. The lowest BCUT2D eigenvalue weighted by atomic mass is 9.96. The topological polar surface area (TPSA) is 65.4 Å². The van der Waals surface area contributed by atoms with E-state index < -0.39 is 23.5 Å². The molecule has 0 aliphatic rings. The normalized spacial score (nSPS) is 12.1. The number of nitriles is 1. The van der Waals surface area contributed by atoms with Gasteiger partial charge in [-0.2, -0.15) is 31.6 Å². The van der Waals surface area contributed by atoms with Crippen molar-refractivity contribution in [3.63, 3.8) is 0 Å². The first-order valence-electron chi connectivity index (χ1n) is 8.18. The van der Waals surface area contributed by atoms with Gasteiger partial charge in [-0.25, -0.2) is 5.10 Å². The molecule has 0 fully saturated rings. The number of H-pyrrole nitrogens is 1. The number of hydrogen-bond acceptors (Lipinski definition) is 3. The standard InChI is InChI=1S/C19H12F6N4/c1-10-2-11(5-13(3-10)17-16(9-26)27-29-28-17)4-12-6-14(18(20,21)22)8-15(7-12)19(23,24)25/h2-3,5-8H,4H2,1H3,(H,27,28,29). The number of aryl methyl sites for hydroxylation is 1. The molecule has 1 aromatic heterocycles. The minimum Gasteiger partial charge on any atom is -0.247 e. The summed E-state index contributed by atoms with van der Waals surface area (Å²) >= 11 is 0. The molecule has 150 valence electrons. The average molecular weight is 410 g/mol. The fourth-order valence-electron chi connectivity index (χ4n) is 2.97. The molecule has 4 nitrogen and oxygen atoms in total. The van der Waals surface area contributed by atoms with Crippen LogP contribution in [-0.2, 0) is 18.8 Å². The van der Waals surface area contributed by atoms with Gasteiger partial charge in [0, 0.05) is 5.56 Å². The minimum atomic E-state index is -4.91. The van der Waals surface area contributed by atoms with E-state index in [-0.39, 0.29) is 29.4 Å². The van der Waals surface area contributed by atoms with Gasteiger partial charge in [-0.1, -0.05) is 16.8 Å². The quantitative estimate of drug-likeness (QED) is 0.598. The number of aromatic nitrogens is 3. The number of nitrogens with zero attached hydrogens (tertiary/aromatic N) is 3. The maximum Gasteiger partial charge on any atom is 0.416 e. The molecule has 0 saturated heterocycles. The molecule has 3 aromatic rings. The Bertz CT molecular complexity index is 1060. The van der Waals surface area contributed by atoms with Gasteiger partial charge >= 0.3 is 12.4 Å². The summed E-state index contributed by atoms with van der Waals surface area (Å²) in [7, 11) is 0. The fraction of sp³-hybridized carbons (Fsp3) is 0.211. The van der Waals surface area contributed by atoms with Gasteiger partial charge in [-0.3, -0.25) is 0 Å². The van der Waals surface area contributed by atoms with E-state index in [1.165, 1.54) is 0 Å². The first kappa shape index (κ1) is 20.4. The van der Waals surface area contributed by atoms with E-state index in [9.17, 15) is 26.3 Å².